The van der Waals surface area contributed by atoms with Crippen LogP contribution in [0.1, 0.15) is 25.7 Å². The second-order valence-corrected chi connectivity index (χ2v) is 6.28. The molecule has 3 rings (SSSR count). The van der Waals surface area contributed by atoms with E-state index in [0.717, 1.165) is 25.1 Å². The van der Waals surface area contributed by atoms with Crippen LogP contribution in [0.5, 0.6) is 0 Å². The Balaban J connectivity index is 1.51. The fourth-order valence-electron chi connectivity index (χ4n) is 3.25. The van der Waals surface area contributed by atoms with Gasteiger partial charge >= 0.3 is 0 Å². The molecule has 0 radical (unpaired) electrons. The molecular weight excluding hydrogens is 306 g/mol. The average molecular weight is 329 g/mol. The Morgan fingerprint density at radius 1 is 0.958 bits per heavy atom. The molecule has 0 bridgehead atoms. The van der Waals surface area contributed by atoms with Gasteiger partial charge < -0.3 is 14.7 Å². The molecule has 2 fully saturated rings. The summed E-state index contributed by atoms with van der Waals surface area (Å²) in [4.78, 5) is 41.6. The van der Waals surface area contributed by atoms with Crippen LogP contribution < -0.4 is 4.90 Å². The molecule has 1 aromatic rings. The van der Waals surface area contributed by atoms with Gasteiger partial charge in [-0.1, -0.05) is 18.2 Å². The number of rotatable bonds is 4. The van der Waals surface area contributed by atoms with Gasteiger partial charge in [-0.15, -0.1) is 0 Å². The normalized spacial score (nSPS) is 18.9. The molecule has 3 amide bonds. The van der Waals surface area contributed by atoms with Gasteiger partial charge in [0.1, 0.15) is 6.54 Å². The lowest BCUT2D eigenvalue weighted by Gasteiger charge is -2.35. The smallest absolute Gasteiger partial charge is 0.246 e. The molecule has 2 heterocycles. The number of benzene rings is 1. The Kier molecular flexibility index (Phi) is 5.13. The molecule has 0 N–H and O–H groups in total. The second kappa shape index (κ2) is 7.47. The monoisotopic (exact) mass is 329 g/mol. The van der Waals surface area contributed by atoms with Crippen LogP contribution in [0.25, 0.3) is 0 Å². The highest BCUT2D eigenvalue weighted by molar-refractivity contribution is 5.97. The summed E-state index contributed by atoms with van der Waals surface area (Å²) in [5.74, 6) is 0.0308. The lowest BCUT2D eigenvalue weighted by atomic mass is 10.1. The molecule has 2 aliphatic rings. The van der Waals surface area contributed by atoms with Crippen molar-refractivity contribution in [2.75, 3.05) is 37.6 Å². The van der Waals surface area contributed by atoms with E-state index < -0.39 is 0 Å². The van der Waals surface area contributed by atoms with E-state index in [1.807, 2.05) is 30.3 Å². The number of likely N-dealkylation sites (tertiary alicyclic amines) is 1. The van der Waals surface area contributed by atoms with Gasteiger partial charge in [-0.2, -0.15) is 0 Å². The van der Waals surface area contributed by atoms with Crippen LogP contribution in [0, 0.1) is 0 Å². The molecule has 2 aliphatic heterocycles. The molecule has 128 valence electrons. The van der Waals surface area contributed by atoms with E-state index in [4.69, 9.17) is 0 Å². The van der Waals surface area contributed by atoms with Crippen molar-refractivity contribution in [1.29, 1.82) is 0 Å². The third kappa shape index (κ3) is 3.75. The van der Waals surface area contributed by atoms with Crippen molar-refractivity contribution >= 4 is 23.4 Å². The Labute approximate surface area is 142 Å². The third-order valence-electron chi connectivity index (χ3n) is 4.66. The maximum atomic E-state index is 12.4. The minimum absolute atomic E-state index is 0.0468. The number of carbonyl (C=O) groups excluding carboxylic acids is 3. The van der Waals surface area contributed by atoms with Crippen LogP contribution >= 0.6 is 0 Å². The minimum atomic E-state index is -0.0603. The highest BCUT2D eigenvalue weighted by Gasteiger charge is 2.28. The van der Waals surface area contributed by atoms with E-state index in [0.29, 0.717) is 32.5 Å². The minimum Gasteiger partial charge on any atom is -0.342 e. The number of carbonyl (C=O) groups is 3. The number of hydrogen-bond donors (Lipinski definition) is 0. The number of piperidine rings is 1. The predicted molar refractivity (Wildman–Crippen MR) is 90.4 cm³/mol. The first kappa shape index (κ1) is 16.5. The fraction of sp³-hybridized carbons (Fsp3) is 0.500. The Bertz CT molecular complexity index is 617. The highest BCUT2D eigenvalue weighted by Crippen LogP contribution is 2.17. The first-order valence-corrected chi connectivity index (χ1v) is 8.56. The molecule has 6 heteroatoms. The van der Waals surface area contributed by atoms with Gasteiger partial charge in [-0.3, -0.25) is 14.4 Å². The van der Waals surface area contributed by atoms with Crippen LogP contribution in [0.4, 0.5) is 5.69 Å². The van der Waals surface area contributed by atoms with Gasteiger partial charge in [0.15, 0.2) is 0 Å². The Hall–Kier alpha value is -2.37. The first-order valence-electron chi connectivity index (χ1n) is 8.56. The molecule has 6 nitrogen and oxygen atoms in total. The summed E-state index contributed by atoms with van der Waals surface area (Å²) in [6.45, 7) is 2.36. The molecule has 0 aromatic heterocycles. The molecule has 0 atom stereocenters. The summed E-state index contributed by atoms with van der Waals surface area (Å²) < 4.78 is 0. The summed E-state index contributed by atoms with van der Waals surface area (Å²) in [5.41, 5.74) is 0.869. The molecule has 0 saturated carbocycles. The maximum absolute atomic E-state index is 12.4. The van der Waals surface area contributed by atoms with E-state index >= 15 is 0 Å². The topological polar surface area (TPSA) is 60.9 Å². The van der Waals surface area contributed by atoms with Crippen molar-refractivity contribution in [1.82, 2.24) is 9.80 Å². The number of hydrogen-bond acceptors (Lipinski definition) is 3. The van der Waals surface area contributed by atoms with Crippen molar-refractivity contribution in [3.63, 3.8) is 0 Å². The van der Waals surface area contributed by atoms with E-state index in [1.165, 1.54) is 0 Å². The molecule has 24 heavy (non-hydrogen) atoms. The first-order chi connectivity index (χ1) is 11.6. The zero-order valence-corrected chi connectivity index (χ0v) is 13.8. The standard InChI is InChI=1S/C18H23N3O3/c22-16-8-4-5-10-19(16)11-9-17(23)20-12-13-21(18(24)14-20)15-6-2-1-3-7-15/h1-3,6-7H,4-5,8-14H2. The van der Waals surface area contributed by atoms with Gasteiger partial charge in [0.2, 0.25) is 17.7 Å². The van der Waals surface area contributed by atoms with Gasteiger partial charge in [-0.05, 0) is 25.0 Å². The summed E-state index contributed by atoms with van der Waals surface area (Å²) in [6, 6.07) is 9.51. The number of nitrogens with zero attached hydrogens (tertiary/aromatic N) is 3. The van der Waals surface area contributed by atoms with Crippen molar-refractivity contribution in [2.45, 2.75) is 25.7 Å². The summed E-state index contributed by atoms with van der Waals surface area (Å²) in [5, 5.41) is 0. The average Bonchev–Trinajstić information content (AvgIpc) is 2.61. The molecule has 0 aliphatic carbocycles. The lowest BCUT2D eigenvalue weighted by Crippen LogP contribution is -2.53. The van der Waals surface area contributed by atoms with Crippen LogP contribution in [0.15, 0.2) is 30.3 Å². The van der Waals surface area contributed by atoms with E-state index in [9.17, 15) is 14.4 Å². The quantitative estimate of drug-likeness (QED) is 0.836. The van der Waals surface area contributed by atoms with Gasteiger partial charge in [0.25, 0.3) is 0 Å². The summed E-state index contributed by atoms with van der Waals surface area (Å²) in [6.07, 6.45) is 2.83. The van der Waals surface area contributed by atoms with Crippen molar-refractivity contribution in [2.24, 2.45) is 0 Å². The SMILES string of the molecule is O=C1CCCCN1CCC(=O)N1CCN(c2ccccc2)C(=O)C1. The van der Waals surface area contributed by atoms with Crippen LogP contribution in [-0.4, -0.2) is 60.2 Å². The van der Waals surface area contributed by atoms with E-state index in [1.54, 1.807) is 14.7 Å². The zero-order chi connectivity index (χ0) is 16.9. The Morgan fingerprint density at radius 2 is 1.75 bits per heavy atom. The van der Waals surface area contributed by atoms with Crippen molar-refractivity contribution in [3.05, 3.63) is 30.3 Å². The number of amides is 3. The lowest BCUT2D eigenvalue weighted by molar-refractivity contribution is -0.139. The van der Waals surface area contributed by atoms with Gasteiger partial charge in [-0.25, -0.2) is 0 Å². The molecule has 0 unspecified atom stereocenters. The zero-order valence-electron chi connectivity index (χ0n) is 13.8. The molecule has 1 aromatic carbocycles. The summed E-state index contributed by atoms with van der Waals surface area (Å²) in [7, 11) is 0. The predicted octanol–water partition coefficient (Wildman–Crippen LogP) is 1.26. The summed E-state index contributed by atoms with van der Waals surface area (Å²) >= 11 is 0. The largest absolute Gasteiger partial charge is 0.342 e. The maximum Gasteiger partial charge on any atom is 0.246 e. The molecular formula is C18H23N3O3. The molecule has 0 spiro atoms. The van der Waals surface area contributed by atoms with Crippen LogP contribution in [-0.2, 0) is 14.4 Å². The van der Waals surface area contributed by atoms with E-state index in [2.05, 4.69) is 0 Å². The highest BCUT2D eigenvalue weighted by atomic mass is 16.2. The Morgan fingerprint density at radius 3 is 2.46 bits per heavy atom. The van der Waals surface area contributed by atoms with Gasteiger partial charge in [0.05, 0.1) is 0 Å². The number of para-hydroxylation sites is 1. The second-order valence-electron chi connectivity index (χ2n) is 6.28. The third-order valence-corrected chi connectivity index (χ3v) is 4.66. The van der Waals surface area contributed by atoms with Gasteiger partial charge in [0, 0.05) is 44.7 Å². The van der Waals surface area contributed by atoms with Crippen molar-refractivity contribution < 1.29 is 14.4 Å². The number of piperazine rings is 1. The molecule has 2 saturated heterocycles. The number of anilines is 1. The van der Waals surface area contributed by atoms with Crippen LogP contribution in [0.3, 0.4) is 0 Å². The van der Waals surface area contributed by atoms with E-state index in [-0.39, 0.29) is 24.3 Å². The van der Waals surface area contributed by atoms with Crippen LogP contribution in [0.2, 0.25) is 0 Å². The fourth-order valence-corrected chi connectivity index (χ4v) is 3.25. The van der Waals surface area contributed by atoms with Crippen molar-refractivity contribution in [3.8, 4) is 0 Å².